The summed E-state index contributed by atoms with van der Waals surface area (Å²) >= 11 is 0. The van der Waals surface area contributed by atoms with Gasteiger partial charge in [0.05, 0.1) is 29.9 Å². The van der Waals surface area contributed by atoms with Crippen molar-refractivity contribution in [2.75, 3.05) is 6.54 Å². The summed E-state index contributed by atoms with van der Waals surface area (Å²) in [6.45, 7) is 4.15. The lowest BCUT2D eigenvalue weighted by Gasteiger charge is -2.06. The summed E-state index contributed by atoms with van der Waals surface area (Å²) in [5, 5.41) is 7.13. The summed E-state index contributed by atoms with van der Waals surface area (Å²) in [6, 6.07) is 14.6. The van der Waals surface area contributed by atoms with Crippen LogP contribution < -0.4 is 5.32 Å². The molecule has 0 saturated carbocycles. The van der Waals surface area contributed by atoms with E-state index in [-0.39, 0.29) is 18.0 Å². The van der Waals surface area contributed by atoms with Crippen molar-refractivity contribution < 1.29 is 18.0 Å². The largest absolute Gasteiger partial charge is 0.416 e. The molecule has 1 amide bonds. The average molecular weight is 411 g/mol. The predicted molar refractivity (Wildman–Crippen MR) is 108 cm³/mol. The number of benzene rings is 2. The molecular formula is C23H20F3N3O. The molecule has 0 spiro atoms. The fourth-order valence-electron chi connectivity index (χ4n) is 3.07. The molecule has 0 bridgehead atoms. The van der Waals surface area contributed by atoms with Crippen molar-refractivity contribution in [3.63, 3.8) is 0 Å². The number of amides is 1. The number of nitrogens with zero attached hydrogens (tertiary/aromatic N) is 2. The monoisotopic (exact) mass is 411 g/mol. The Labute approximate surface area is 172 Å². The number of alkyl halides is 3. The molecule has 0 aliphatic heterocycles. The van der Waals surface area contributed by atoms with Crippen molar-refractivity contribution in [1.82, 2.24) is 15.1 Å². The Balaban J connectivity index is 1.66. The standard InChI is InChI=1S/C23H20F3N3O/c1-16-21(17(2)29(28-16)15-19-8-4-3-5-9-19)22(30)27-13-7-11-18-10-6-12-20(14-18)23(24,25)26/h3-6,8-10,12,14H,13,15H2,1-2H3,(H,27,30). The van der Waals surface area contributed by atoms with Gasteiger partial charge in [-0.2, -0.15) is 18.3 Å². The number of halogens is 3. The van der Waals surface area contributed by atoms with Gasteiger partial charge in [-0.25, -0.2) is 0 Å². The van der Waals surface area contributed by atoms with E-state index in [1.807, 2.05) is 37.3 Å². The van der Waals surface area contributed by atoms with Gasteiger partial charge in [0.2, 0.25) is 0 Å². The van der Waals surface area contributed by atoms with E-state index in [2.05, 4.69) is 22.3 Å². The molecule has 7 heteroatoms. The zero-order valence-electron chi connectivity index (χ0n) is 16.5. The molecule has 1 heterocycles. The normalized spacial score (nSPS) is 11.0. The molecule has 154 valence electrons. The van der Waals surface area contributed by atoms with Gasteiger partial charge in [-0.05, 0) is 37.6 Å². The fourth-order valence-corrected chi connectivity index (χ4v) is 3.07. The maximum Gasteiger partial charge on any atom is 0.416 e. The summed E-state index contributed by atoms with van der Waals surface area (Å²) in [4.78, 5) is 12.6. The number of aromatic nitrogens is 2. The maximum absolute atomic E-state index is 12.8. The van der Waals surface area contributed by atoms with Gasteiger partial charge in [0.1, 0.15) is 0 Å². The molecule has 3 rings (SSSR count). The topological polar surface area (TPSA) is 46.9 Å². The number of aryl methyl sites for hydroxylation is 1. The first-order valence-corrected chi connectivity index (χ1v) is 9.28. The van der Waals surface area contributed by atoms with Gasteiger partial charge >= 0.3 is 6.18 Å². The lowest BCUT2D eigenvalue weighted by molar-refractivity contribution is -0.137. The molecule has 1 N–H and O–H groups in total. The second-order valence-electron chi connectivity index (χ2n) is 6.75. The third-order valence-corrected chi connectivity index (χ3v) is 4.54. The Morgan fingerprint density at radius 2 is 1.83 bits per heavy atom. The summed E-state index contributed by atoms with van der Waals surface area (Å²) in [7, 11) is 0. The van der Waals surface area contributed by atoms with Gasteiger partial charge in [0, 0.05) is 11.3 Å². The van der Waals surface area contributed by atoms with Crippen LogP contribution in [0.3, 0.4) is 0 Å². The Morgan fingerprint density at radius 1 is 1.10 bits per heavy atom. The van der Waals surface area contributed by atoms with Crippen LogP contribution in [0, 0.1) is 25.7 Å². The third kappa shape index (κ3) is 5.09. The lowest BCUT2D eigenvalue weighted by Crippen LogP contribution is -2.24. The van der Waals surface area contributed by atoms with Crippen LogP contribution in [0.4, 0.5) is 13.2 Å². The van der Waals surface area contributed by atoms with E-state index < -0.39 is 11.7 Å². The van der Waals surface area contributed by atoms with Crippen molar-refractivity contribution in [2.45, 2.75) is 26.6 Å². The minimum atomic E-state index is -4.42. The van der Waals surface area contributed by atoms with E-state index in [4.69, 9.17) is 0 Å². The zero-order chi connectivity index (χ0) is 21.7. The van der Waals surface area contributed by atoms with Gasteiger partial charge in [0.25, 0.3) is 5.91 Å². The minimum Gasteiger partial charge on any atom is -0.341 e. The number of rotatable bonds is 4. The quantitative estimate of drug-likeness (QED) is 0.649. The van der Waals surface area contributed by atoms with Crippen LogP contribution in [0.2, 0.25) is 0 Å². The van der Waals surface area contributed by atoms with E-state index in [1.54, 1.807) is 11.6 Å². The molecule has 2 aromatic carbocycles. The van der Waals surface area contributed by atoms with Crippen LogP contribution in [-0.2, 0) is 12.7 Å². The fraction of sp³-hybridized carbons (Fsp3) is 0.217. The van der Waals surface area contributed by atoms with Gasteiger partial charge in [-0.15, -0.1) is 0 Å². The zero-order valence-corrected chi connectivity index (χ0v) is 16.5. The van der Waals surface area contributed by atoms with E-state index in [0.717, 1.165) is 23.4 Å². The maximum atomic E-state index is 12.8. The SMILES string of the molecule is Cc1nn(Cc2ccccc2)c(C)c1C(=O)NCC#Cc1cccc(C(F)(F)F)c1. The van der Waals surface area contributed by atoms with Gasteiger partial charge in [-0.3, -0.25) is 9.48 Å². The van der Waals surface area contributed by atoms with Crippen molar-refractivity contribution in [3.05, 3.63) is 88.2 Å². The molecule has 3 aromatic rings. The highest BCUT2D eigenvalue weighted by atomic mass is 19.4. The molecule has 0 fully saturated rings. The van der Waals surface area contributed by atoms with Gasteiger partial charge in [0.15, 0.2) is 0 Å². The Kier molecular flexibility index (Phi) is 6.26. The number of hydrogen-bond acceptors (Lipinski definition) is 2. The molecular weight excluding hydrogens is 391 g/mol. The average Bonchev–Trinajstić information content (AvgIpc) is 2.98. The molecule has 0 atom stereocenters. The molecule has 0 aliphatic rings. The van der Waals surface area contributed by atoms with E-state index in [1.165, 1.54) is 12.1 Å². The van der Waals surface area contributed by atoms with Crippen molar-refractivity contribution >= 4 is 5.91 Å². The Bertz CT molecular complexity index is 1110. The Morgan fingerprint density at radius 3 is 2.53 bits per heavy atom. The first-order chi connectivity index (χ1) is 14.3. The summed E-state index contributed by atoms with van der Waals surface area (Å²) in [5.41, 5.74) is 2.37. The number of carbonyl (C=O) groups is 1. The molecule has 0 unspecified atom stereocenters. The van der Waals surface area contributed by atoms with Crippen LogP contribution in [0.5, 0.6) is 0 Å². The number of carbonyl (C=O) groups excluding carboxylic acids is 1. The second kappa shape index (κ2) is 8.87. The lowest BCUT2D eigenvalue weighted by atomic mass is 10.1. The van der Waals surface area contributed by atoms with Crippen molar-refractivity contribution in [2.24, 2.45) is 0 Å². The summed E-state index contributed by atoms with van der Waals surface area (Å²) in [5.74, 6) is 5.02. The highest BCUT2D eigenvalue weighted by Crippen LogP contribution is 2.29. The summed E-state index contributed by atoms with van der Waals surface area (Å²) < 4.78 is 40.0. The first-order valence-electron chi connectivity index (χ1n) is 9.28. The van der Waals surface area contributed by atoms with Crippen LogP contribution in [0.1, 0.15) is 38.4 Å². The third-order valence-electron chi connectivity index (χ3n) is 4.54. The van der Waals surface area contributed by atoms with Crippen LogP contribution in [-0.4, -0.2) is 22.2 Å². The van der Waals surface area contributed by atoms with Crippen molar-refractivity contribution in [1.29, 1.82) is 0 Å². The summed E-state index contributed by atoms with van der Waals surface area (Å²) in [6.07, 6.45) is -4.42. The van der Waals surface area contributed by atoms with Crippen LogP contribution in [0.15, 0.2) is 54.6 Å². The van der Waals surface area contributed by atoms with Crippen LogP contribution >= 0.6 is 0 Å². The van der Waals surface area contributed by atoms with Gasteiger partial charge < -0.3 is 5.32 Å². The van der Waals surface area contributed by atoms with Crippen LogP contribution in [0.25, 0.3) is 0 Å². The first kappa shape index (κ1) is 21.2. The van der Waals surface area contributed by atoms with Crippen molar-refractivity contribution in [3.8, 4) is 11.8 Å². The molecule has 4 nitrogen and oxygen atoms in total. The van der Waals surface area contributed by atoms with E-state index in [0.29, 0.717) is 17.8 Å². The minimum absolute atomic E-state index is 0.0117. The van der Waals surface area contributed by atoms with E-state index in [9.17, 15) is 18.0 Å². The molecule has 0 radical (unpaired) electrons. The van der Waals surface area contributed by atoms with E-state index >= 15 is 0 Å². The highest BCUT2D eigenvalue weighted by Gasteiger charge is 2.30. The molecule has 30 heavy (non-hydrogen) atoms. The number of nitrogens with one attached hydrogen (secondary N) is 1. The smallest absolute Gasteiger partial charge is 0.341 e. The highest BCUT2D eigenvalue weighted by molar-refractivity contribution is 5.96. The predicted octanol–water partition coefficient (Wildman–Crippen LogP) is 4.35. The second-order valence-corrected chi connectivity index (χ2v) is 6.75. The molecule has 1 aromatic heterocycles. The van der Waals surface area contributed by atoms with Gasteiger partial charge in [-0.1, -0.05) is 48.2 Å². The molecule has 0 saturated heterocycles. The number of hydrogen-bond donors (Lipinski definition) is 1. The molecule has 0 aliphatic carbocycles. The Hall–Kier alpha value is -3.53.